The first-order valence-corrected chi connectivity index (χ1v) is 16.5. The van der Waals surface area contributed by atoms with Crippen LogP contribution in [-0.2, 0) is 4.79 Å². The van der Waals surface area contributed by atoms with Crippen molar-refractivity contribution in [1.82, 2.24) is 10.2 Å². The summed E-state index contributed by atoms with van der Waals surface area (Å²) in [6.45, 7) is 2.92. The molecule has 2 aromatic carbocycles. The largest absolute Gasteiger partial charge is 0.406 e. The fourth-order valence-corrected chi connectivity index (χ4v) is 7.41. The van der Waals surface area contributed by atoms with Crippen LogP contribution in [0.5, 0.6) is 0 Å². The molecule has 2 N–H and O–H groups in total. The Morgan fingerprint density at radius 2 is 1.51 bits per heavy atom. The molecule has 3 heterocycles. The number of carbonyl (C=O) groups is 2. The third kappa shape index (κ3) is 7.62. The Kier molecular flexibility index (Phi) is 9.63. The second kappa shape index (κ2) is 13.8. The van der Waals surface area contributed by atoms with Gasteiger partial charge in [-0.25, -0.2) is 4.79 Å². The predicted octanol–water partition coefficient (Wildman–Crippen LogP) is 6.57. The predicted molar refractivity (Wildman–Crippen MR) is 171 cm³/mol. The van der Waals surface area contributed by atoms with E-state index in [4.69, 9.17) is 0 Å². The molecule has 3 amide bonds. The van der Waals surface area contributed by atoms with Gasteiger partial charge in [-0.1, -0.05) is 43.9 Å². The van der Waals surface area contributed by atoms with E-state index in [2.05, 4.69) is 25.4 Å². The van der Waals surface area contributed by atoms with Crippen molar-refractivity contribution < 1.29 is 22.8 Å². The van der Waals surface area contributed by atoms with E-state index in [0.717, 1.165) is 63.7 Å². The van der Waals surface area contributed by atoms with Crippen molar-refractivity contribution in [2.45, 2.75) is 82.6 Å². The number of rotatable bonds is 6. The summed E-state index contributed by atoms with van der Waals surface area (Å²) in [5, 5.41) is 5.33. The van der Waals surface area contributed by atoms with Crippen molar-refractivity contribution in [2.24, 2.45) is 10.9 Å². The third-order valence-electron chi connectivity index (χ3n) is 9.70. The molecule has 4 aliphatic rings. The van der Waals surface area contributed by atoms with Gasteiger partial charge in [-0.3, -0.25) is 14.7 Å². The smallest absolute Gasteiger partial charge is 0.371 e. The normalized spacial score (nSPS) is 22.4. The number of alkyl halides is 3. The Morgan fingerprint density at radius 1 is 0.844 bits per heavy atom. The van der Waals surface area contributed by atoms with Crippen LogP contribution in [0.25, 0.3) is 0 Å². The Morgan fingerprint density at radius 3 is 2.20 bits per heavy atom. The highest BCUT2D eigenvalue weighted by Gasteiger charge is 2.41. The summed E-state index contributed by atoms with van der Waals surface area (Å²) in [6, 6.07) is 14.1. The first kappa shape index (κ1) is 31.4. The third-order valence-corrected chi connectivity index (χ3v) is 9.70. The van der Waals surface area contributed by atoms with Gasteiger partial charge in [-0.2, -0.15) is 13.2 Å². The summed E-state index contributed by atoms with van der Waals surface area (Å²) in [5.41, 5.74) is 2.88. The van der Waals surface area contributed by atoms with Gasteiger partial charge in [0.25, 0.3) is 5.91 Å². The van der Waals surface area contributed by atoms with E-state index in [-0.39, 0.29) is 11.6 Å². The van der Waals surface area contributed by atoms with Crippen LogP contribution in [-0.4, -0.2) is 73.7 Å². The summed E-state index contributed by atoms with van der Waals surface area (Å²) in [6.07, 6.45) is 4.81. The second-order valence-corrected chi connectivity index (χ2v) is 12.8. The number of piperidine rings is 2. The minimum Gasteiger partial charge on any atom is -0.371 e. The van der Waals surface area contributed by atoms with E-state index in [1.54, 1.807) is 18.2 Å². The van der Waals surface area contributed by atoms with E-state index in [1.807, 2.05) is 24.3 Å². The molecule has 3 fully saturated rings. The maximum absolute atomic E-state index is 13.7. The van der Waals surface area contributed by atoms with E-state index in [1.165, 1.54) is 38.4 Å². The quantitative estimate of drug-likeness (QED) is 0.381. The zero-order valence-corrected chi connectivity index (χ0v) is 25.7. The summed E-state index contributed by atoms with van der Waals surface area (Å²) in [4.78, 5) is 37.2. The average Bonchev–Trinajstić information content (AvgIpc) is 3.16. The minimum atomic E-state index is -4.63. The number of carbonyl (C=O) groups excluding carboxylic acids is 2. The Hall–Kier alpha value is -3.60. The number of likely N-dealkylation sites (tertiary alicyclic amines) is 1. The van der Waals surface area contributed by atoms with Gasteiger partial charge in [-0.05, 0) is 81.9 Å². The lowest BCUT2D eigenvalue weighted by molar-refractivity contribution is -0.133. The first-order chi connectivity index (χ1) is 21.7. The molecule has 0 spiro atoms. The van der Waals surface area contributed by atoms with Gasteiger partial charge in [0.15, 0.2) is 0 Å². The molecular formula is C34H43F3N6O2. The van der Waals surface area contributed by atoms with Gasteiger partial charge in [0.1, 0.15) is 6.54 Å². The number of aliphatic imine (C=N–C) groups is 1. The number of hydrogen-bond acceptors (Lipinski definition) is 5. The van der Waals surface area contributed by atoms with Crippen molar-refractivity contribution in [3.05, 3.63) is 54.1 Å². The number of amides is 3. The zero-order chi connectivity index (χ0) is 31.4. The number of nitrogens with zero attached hydrogens (tertiary/aromatic N) is 4. The molecule has 0 aromatic heterocycles. The van der Waals surface area contributed by atoms with Gasteiger partial charge in [0.2, 0.25) is 6.17 Å². The molecule has 8 nitrogen and oxygen atoms in total. The van der Waals surface area contributed by atoms with Crippen molar-refractivity contribution >= 4 is 34.7 Å². The molecule has 1 atom stereocenters. The van der Waals surface area contributed by atoms with Crippen LogP contribution >= 0.6 is 0 Å². The van der Waals surface area contributed by atoms with Gasteiger partial charge >= 0.3 is 12.2 Å². The fourth-order valence-electron chi connectivity index (χ4n) is 7.41. The van der Waals surface area contributed by atoms with Crippen LogP contribution in [0, 0.1) is 5.92 Å². The number of fused-ring (bicyclic) bond motifs is 1. The van der Waals surface area contributed by atoms with Crippen LogP contribution in [0.3, 0.4) is 0 Å². The number of benzodiazepines with no additional fused rings is 1. The zero-order valence-electron chi connectivity index (χ0n) is 25.7. The van der Waals surface area contributed by atoms with Crippen LogP contribution in [0.2, 0.25) is 0 Å². The summed E-state index contributed by atoms with van der Waals surface area (Å²) in [7, 11) is 0. The summed E-state index contributed by atoms with van der Waals surface area (Å²) >= 11 is 0. The SMILES string of the molecule is O=C(Nc1ccc(N2CCC(N3CCCCC3)CC2)cc1)NC1N=C(C2CCCCC2)c2ccccc2N(CC(F)(F)F)C1=O. The topological polar surface area (TPSA) is 80.3 Å². The molecule has 6 rings (SSSR count). The molecular weight excluding hydrogens is 581 g/mol. The first-order valence-electron chi connectivity index (χ1n) is 16.5. The van der Waals surface area contributed by atoms with Crippen LogP contribution in [0.4, 0.5) is 35.0 Å². The molecule has 242 valence electrons. The summed E-state index contributed by atoms with van der Waals surface area (Å²) < 4.78 is 41.1. The molecule has 0 bridgehead atoms. The average molecular weight is 625 g/mol. The highest BCUT2D eigenvalue weighted by molar-refractivity contribution is 6.14. The highest BCUT2D eigenvalue weighted by Crippen LogP contribution is 2.35. The van der Waals surface area contributed by atoms with E-state index in [9.17, 15) is 22.8 Å². The van der Waals surface area contributed by atoms with Gasteiger partial charge in [0, 0.05) is 42.0 Å². The van der Waals surface area contributed by atoms with Gasteiger partial charge < -0.3 is 20.4 Å². The van der Waals surface area contributed by atoms with Gasteiger partial charge in [-0.15, -0.1) is 0 Å². The van der Waals surface area contributed by atoms with Crippen molar-refractivity contribution in [3.8, 4) is 0 Å². The number of benzene rings is 2. The number of urea groups is 1. The van der Waals surface area contributed by atoms with E-state index in [0.29, 0.717) is 27.9 Å². The lowest BCUT2D eigenvalue weighted by atomic mass is 9.83. The molecule has 2 saturated heterocycles. The number of nitrogens with one attached hydrogen (secondary N) is 2. The van der Waals surface area contributed by atoms with Crippen LogP contribution < -0.4 is 20.4 Å². The molecule has 1 saturated carbocycles. The van der Waals surface area contributed by atoms with Crippen molar-refractivity contribution in [2.75, 3.05) is 47.8 Å². The number of hydrogen-bond donors (Lipinski definition) is 2. The lowest BCUT2D eigenvalue weighted by Gasteiger charge is -2.41. The molecule has 3 aliphatic heterocycles. The number of anilines is 3. The Labute approximate surface area is 263 Å². The molecule has 0 radical (unpaired) electrons. The Bertz CT molecular complexity index is 1360. The maximum Gasteiger partial charge on any atom is 0.406 e. The van der Waals surface area contributed by atoms with Gasteiger partial charge in [0.05, 0.1) is 11.4 Å². The molecule has 2 aromatic rings. The fraction of sp³-hybridized carbons (Fsp3) is 0.559. The monoisotopic (exact) mass is 624 g/mol. The highest BCUT2D eigenvalue weighted by atomic mass is 19.4. The molecule has 45 heavy (non-hydrogen) atoms. The lowest BCUT2D eigenvalue weighted by Crippen LogP contribution is -2.50. The molecule has 1 unspecified atom stereocenters. The maximum atomic E-state index is 13.7. The molecule has 1 aliphatic carbocycles. The molecule has 11 heteroatoms. The van der Waals surface area contributed by atoms with E-state index < -0.39 is 30.8 Å². The minimum absolute atomic E-state index is 0.00311. The standard InChI is InChI=1S/C34H43F3N6O2/c35-34(36,37)23-43-29-12-6-5-11-28(29)30(24-9-3-1-4-10-24)39-31(32(43)44)40-33(45)38-25-13-15-26(16-14-25)42-21-17-27(18-22-42)41-19-7-2-8-20-41/h5-6,11-16,24,27,31H,1-4,7-10,17-23H2,(H2,38,40,45). The summed E-state index contributed by atoms with van der Waals surface area (Å²) in [5.74, 6) is -0.910. The number of halogens is 3. The van der Waals surface area contributed by atoms with Crippen LogP contribution in [0.15, 0.2) is 53.5 Å². The van der Waals surface area contributed by atoms with Crippen LogP contribution in [0.1, 0.15) is 69.8 Å². The van der Waals surface area contributed by atoms with E-state index >= 15 is 0 Å². The number of para-hydroxylation sites is 1. The second-order valence-electron chi connectivity index (χ2n) is 12.8. The van der Waals surface area contributed by atoms with Crippen molar-refractivity contribution in [3.63, 3.8) is 0 Å². The van der Waals surface area contributed by atoms with Crippen molar-refractivity contribution in [1.29, 1.82) is 0 Å². The Balaban J connectivity index is 1.14.